The van der Waals surface area contributed by atoms with Crippen LogP contribution in [0.15, 0.2) is 83.5 Å². The third-order valence-corrected chi connectivity index (χ3v) is 4.73. The third kappa shape index (κ3) is 3.87. The Morgan fingerprint density at radius 2 is 1.80 bits per heavy atom. The zero-order valence-electron chi connectivity index (χ0n) is 16.8. The Balaban J connectivity index is 1.79. The van der Waals surface area contributed by atoms with E-state index >= 15 is 0 Å². The van der Waals surface area contributed by atoms with Gasteiger partial charge < -0.3 is 4.74 Å². The van der Waals surface area contributed by atoms with Gasteiger partial charge >= 0.3 is 0 Å². The van der Waals surface area contributed by atoms with Gasteiger partial charge in [0.15, 0.2) is 5.84 Å². The summed E-state index contributed by atoms with van der Waals surface area (Å²) in [4.78, 5) is 19.3. The molecule has 1 amide bonds. The molecular formula is C25H21FN2O2. The standard InChI is InChI=1S/C25H21FN2O2/c1-3-30-20-13-11-18(12-14-20)16-23-25(29)28(19-8-6-7-17(2)15-19)24(27-23)21-9-4-5-10-22(21)26/h4-16H,3H2,1-2H3/b23-16+. The van der Waals surface area contributed by atoms with Crippen molar-refractivity contribution in [1.29, 1.82) is 0 Å². The number of carbonyl (C=O) groups excluding carboxylic acids is 1. The molecular weight excluding hydrogens is 379 g/mol. The zero-order valence-corrected chi connectivity index (χ0v) is 16.8. The van der Waals surface area contributed by atoms with E-state index in [1.54, 1.807) is 24.3 Å². The van der Waals surface area contributed by atoms with Gasteiger partial charge in [0.25, 0.3) is 5.91 Å². The van der Waals surface area contributed by atoms with Crippen LogP contribution in [-0.2, 0) is 4.79 Å². The van der Waals surface area contributed by atoms with E-state index in [9.17, 15) is 9.18 Å². The van der Waals surface area contributed by atoms with Gasteiger partial charge in [0, 0.05) is 0 Å². The Labute approximate surface area is 175 Å². The van der Waals surface area contributed by atoms with Crippen molar-refractivity contribution in [3.05, 3.63) is 101 Å². The van der Waals surface area contributed by atoms with Crippen LogP contribution in [0.1, 0.15) is 23.6 Å². The largest absolute Gasteiger partial charge is 0.494 e. The SMILES string of the molecule is CCOc1ccc(/C=C2/N=C(c3ccccc3F)N(c3cccc(C)c3)C2=O)cc1. The molecule has 0 bridgehead atoms. The van der Waals surface area contributed by atoms with Gasteiger partial charge in [0.1, 0.15) is 17.3 Å². The van der Waals surface area contributed by atoms with Gasteiger partial charge in [-0.3, -0.25) is 9.69 Å². The Morgan fingerprint density at radius 3 is 2.50 bits per heavy atom. The van der Waals surface area contributed by atoms with Gasteiger partial charge in [-0.25, -0.2) is 9.38 Å². The maximum atomic E-state index is 14.6. The number of hydrogen-bond acceptors (Lipinski definition) is 3. The molecule has 0 atom stereocenters. The summed E-state index contributed by atoms with van der Waals surface area (Å²) in [6.45, 7) is 4.45. The molecule has 0 aromatic heterocycles. The second-order valence-corrected chi connectivity index (χ2v) is 6.93. The van der Waals surface area contributed by atoms with Gasteiger partial charge in [-0.05, 0) is 67.4 Å². The van der Waals surface area contributed by atoms with Crippen molar-refractivity contribution < 1.29 is 13.9 Å². The number of anilines is 1. The van der Waals surface area contributed by atoms with Crippen LogP contribution in [0.25, 0.3) is 6.08 Å². The average Bonchev–Trinajstić information content (AvgIpc) is 3.06. The van der Waals surface area contributed by atoms with E-state index in [2.05, 4.69) is 4.99 Å². The first kappa shape index (κ1) is 19.6. The van der Waals surface area contributed by atoms with E-state index in [1.807, 2.05) is 62.4 Å². The summed E-state index contributed by atoms with van der Waals surface area (Å²) in [6, 6.07) is 21.3. The zero-order chi connectivity index (χ0) is 21.1. The topological polar surface area (TPSA) is 41.9 Å². The molecule has 0 aliphatic carbocycles. The maximum Gasteiger partial charge on any atom is 0.282 e. The lowest BCUT2D eigenvalue weighted by Gasteiger charge is -2.19. The number of hydrogen-bond donors (Lipinski definition) is 0. The van der Waals surface area contributed by atoms with Crippen LogP contribution in [0.3, 0.4) is 0 Å². The molecule has 0 saturated carbocycles. The van der Waals surface area contributed by atoms with Crippen molar-refractivity contribution in [2.45, 2.75) is 13.8 Å². The van der Waals surface area contributed by atoms with E-state index in [1.165, 1.54) is 11.0 Å². The van der Waals surface area contributed by atoms with Gasteiger partial charge in [-0.1, -0.05) is 36.4 Å². The summed E-state index contributed by atoms with van der Waals surface area (Å²) in [5, 5.41) is 0. The van der Waals surface area contributed by atoms with Crippen molar-refractivity contribution in [2.75, 3.05) is 11.5 Å². The van der Waals surface area contributed by atoms with Crippen LogP contribution in [-0.4, -0.2) is 18.3 Å². The molecule has 3 aromatic rings. The molecule has 1 aliphatic heterocycles. The smallest absolute Gasteiger partial charge is 0.282 e. The van der Waals surface area contributed by atoms with Crippen LogP contribution in [0.2, 0.25) is 0 Å². The monoisotopic (exact) mass is 400 g/mol. The molecule has 0 radical (unpaired) electrons. The number of aliphatic imine (C=N–C) groups is 1. The minimum absolute atomic E-state index is 0.249. The van der Waals surface area contributed by atoms with Crippen LogP contribution < -0.4 is 9.64 Å². The number of amides is 1. The Morgan fingerprint density at radius 1 is 1.03 bits per heavy atom. The minimum Gasteiger partial charge on any atom is -0.494 e. The van der Waals surface area contributed by atoms with Gasteiger partial charge in [0.05, 0.1) is 17.9 Å². The first-order chi connectivity index (χ1) is 14.6. The number of carbonyl (C=O) groups is 1. The highest BCUT2D eigenvalue weighted by molar-refractivity contribution is 6.33. The first-order valence-corrected chi connectivity index (χ1v) is 9.76. The van der Waals surface area contributed by atoms with Crippen molar-refractivity contribution in [3.63, 3.8) is 0 Å². The molecule has 3 aromatic carbocycles. The normalized spacial score (nSPS) is 14.9. The van der Waals surface area contributed by atoms with Crippen LogP contribution in [0.4, 0.5) is 10.1 Å². The number of aryl methyl sites for hydroxylation is 1. The summed E-state index contributed by atoms with van der Waals surface area (Å²) in [5.74, 6) is 0.312. The summed E-state index contributed by atoms with van der Waals surface area (Å²) < 4.78 is 20.0. The van der Waals surface area contributed by atoms with Crippen molar-refractivity contribution in [3.8, 4) is 5.75 Å². The number of halogens is 1. The van der Waals surface area contributed by atoms with Gasteiger partial charge in [-0.2, -0.15) is 0 Å². The first-order valence-electron chi connectivity index (χ1n) is 9.76. The Kier molecular flexibility index (Phi) is 5.44. The second kappa shape index (κ2) is 8.33. The van der Waals surface area contributed by atoms with Crippen LogP contribution in [0, 0.1) is 12.7 Å². The molecule has 0 N–H and O–H groups in total. The highest BCUT2D eigenvalue weighted by Crippen LogP contribution is 2.29. The molecule has 4 rings (SSSR count). The van der Waals surface area contributed by atoms with Crippen molar-refractivity contribution in [1.82, 2.24) is 0 Å². The molecule has 1 aliphatic rings. The van der Waals surface area contributed by atoms with E-state index in [4.69, 9.17) is 4.74 Å². The predicted molar refractivity (Wildman–Crippen MR) is 117 cm³/mol. The summed E-state index contributed by atoms with van der Waals surface area (Å²) >= 11 is 0. The molecule has 0 saturated heterocycles. The molecule has 0 spiro atoms. The fourth-order valence-corrected chi connectivity index (χ4v) is 3.33. The minimum atomic E-state index is -0.427. The lowest BCUT2D eigenvalue weighted by Crippen LogP contribution is -2.33. The van der Waals surface area contributed by atoms with E-state index in [0.717, 1.165) is 16.9 Å². The molecule has 150 valence electrons. The van der Waals surface area contributed by atoms with E-state index < -0.39 is 5.82 Å². The van der Waals surface area contributed by atoms with Crippen LogP contribution >= 0.6 is 0 Å². The molecule has 4 nitrogen and oxygen atoms in total. The number of ether oxygens (including phenoxy) is 1. The maximum absolute atomic E-state index is 14.6. The quantitative estimate of drug-likeness (QED) is 0.541. The predicted octanol–water partition coefficient (Wildman–Crippen LogP) is 5.37. The lowest BCUT2D eigenvalue weighted by molar-refractivity contribution is -0.113. The number of benzene rings is 3. The third-order valence-electron chi connectivity index (χ3n) is 4.73. The van der Waals surface area contributed by atoms with Gasteiger partial charge in [-0.15, -0.1) is 0 Å². The number of nitrogens with zero attached hydrogens (tertiary/aromatic N) is 2. The van der Waals surface area contributed by atoms with Crippen LogP contribution in [0.5, 0.6) is 5.75 Å². The fourth-order valence-electron chi connectivity index (χ4n) is 3.33. The molecule has 5 heteroatoms. The second-order valence-electron chi connectivity index (χ2n) is 6.93. The number of rotatable bonds is 5. The molecule has 0 fully saturated rings. The Hall–Kier alpha value is -3.73. The summed E-state index contributed by atoms with van der Waals surface area (Å²) in [6.07, 6.45) is 1.70. The highest BCUT2D eigenvalue weighted by Gasteiger charge is 2.33. The Bertz CT molecular complexity index is 1150. The molecule has 30 heavy (non-hydrogen) atoms. The average molecular weight is 400 g/mol. The molecule has 0 unspecified atom stereocenters. The van der Waals surface area contributed by atoms with E-state index in [-0.39, 0.29) is 23.0 Å². The van der Waals surface area contributed by atoms with Crippen molar-refractivity contribution in [2.24, 2.45) is 4.99 Å². The lowest BCUT2D eigenvalue weighted by atomic mass is 10.1. The number of amidine groups is 1. The van der Waals surface area contributed by atoms with Crippen molar-refractivity contribution >= 4 is 23.5 Å². The summed E-state index contributed by atoms with van der Waals surface area (Å²) in [5.41, 5.74) is 2.99. The fraction of sp³-hybridized carbons (Fsp3) is 0.120. The van der Waals surface area contributed by atoms with E-state index in [0.29, 0.717) is 12.3 Å². The summed E-state index contributed by atoms with van der Waals surface area (Å²) in [7, 11) is 0. The molecule has 1 heterocycles. The van der Waals surface area contributed by atoms with Gasteiger partial charge in [0.2, 0.25) is 0 Å². The highest BCUT2D eigenvalue weighted by atomic mass is 19.1.